The predicted octanol–water partition coefficient (Wildman–Crippen LogP) is 13.3. The number of benzene rings is 8. The zero-order chi connectivity index (χ0) is 32.7. The minimum Gasteiger partial charge on any atom is -0.456 e. The second-order valence-corrected chi connectivity index (χ2v) is 13.7. The summed E-state index contributed by atoms with van der Waals surface area (Å²) in [5, 5.41) is 7.31. The molecule has 0 bridgehead atoms. The summed E-state index contributed by atoms with van der Waals surface area (Å²) < 4.78 is 6.46. The number of para-hydroxylation sites is 1. The van der Waals surface area contributed by atoms with Crippen molar-refractivity contribution < 1.29 is 4.42 Å². The van der Waals surface area contributed by atoms with E-state index in [1.807, 2.05) is 12.1 Å². The molecule has 10 rings (SSSR count). The first kappa shape index (κ1) is 27.9. The summed E-state index contributed by atoms with van der Waals surface area (Å²) in [4.78, 5) is 2.43. The van der Waals surface area contributed by atoms with Gasteiger partial charge in [-0.2, -0.15) is 0 Å². The molecule has 0 N–H and O–H groups in total. The number of furan rings is 1. The first-order valence-corrected chi connectivity index (χ1v) is 17.0. The van der Waals surface area contributed by atoms with Crippen LogP contribution in [0.4, 0.5) is 17.1 Å². The molecule has 0 amide bonds. The Morgan fingerprint density at radius 2 is 1.12 bits per heavy atom. The Bertz CT molecular complexity index is 2730. The zero-order valence-corrected chi connectivity index (χ0v) is 27.4. The fourth-order valence-corrected chi connectivity index (χ4v) is 8.24. The van der Waals surface area contributed by atoms with Gasteiger partial charge in [0.25, 0.3) is 0 Å². The lowest BCUT2D eigenvalue weighted by atomic mass is 9.81. The molecule has 0 spiro atoms. The number of anilines is 3. The first-order valence-electron chi connectivity index (χ1n) is 17.0. The molecule has 0 unspecified atom stereocenters. The van der Waals surface area contributed by atoms with Crippen LogP contribution in [0.25, 0.3) is 65.7 Å². The summed E-state index contributed by atoms with van der Waals surface area (Å²) in [7, 11) is 0. The van der Waals surface area contributed by atoms with Gasteiger partial charge in [0.1, 0.15) is 11.2 Å². The molecule has 0 saturated carbocycles. The molecule has 0 saturated heterocycles. The number of hydrogen-bond acceptors (Lipinski definition) is 2. The van der Waals surface area contributed by atoms with Gasteiger partial charge in [-0.15, -0.1) is 0 Å². The Morgan fingerprint density at radius 1 is 0.469 bits per heavy atom. The van der Waals surface area contributed by atoms with Crippen molar-refractivity contribution in [2.45, 2.75) is 19.3 Å². The highest BCUT2D eigenvalue weighted by Gasteiger charge is 2.38. The smallest absolute Gasteiger partial charge is 0.137 e. The van der Waals surface area contributed by atoms with E-state index < -0.39 is 0 Å². The average Bonchev–Trinajstić information content (AvgIpc) is 3.63. The molecule has 0 radical (unpaired) electrons. The van der Waals surface area contributed by atoms with E-state index >= 15 is 0 Å². The van der Waals surface area contributed by atoms with Crippen LogP contribution in [-0.2, 0) is 5.41 Å². The van der Waals surface area contributed by atoms with E-state index in [9.17, 15) is 0 Å². The quantitative estimate of drug-likeness (QED) is 0.181. The molecular formula is C47H33NO. The Morgan fingerprint density at radius 3 is 1.98 bits per heavy atom. The molecule has 0 atom stereocenters. The van der Waals surface area contributed by atoms with Gasteiger partial charge in [-0.1, -0.05) is 135 Å². The Kier molecular flexibility index (Phi) is 5.95. The van der Waals surface area contributed by atoms with Crippen molar-refractivity contribution in [1.29, 1.82) is 0 Å². The molecule has 0 fully saturated rings. The van der Waals surface area contributed by atoms with Gasteiger partial charge in [0.15, 0.2) is 0 Å². The zero-order valence-electron chi connectivity index (χ0n) is 27.4. The van der Waals surface area contributed by atoms with Crippen molar-refractivity contribution >= 4 is 60.5 Å². The third-order valence-corrected chi connectivity index (χ3v) is 10.6. The molecular weight excluding hydrogens is 595 g/mol. The predicted molar refractivity (Wildman–Crippen MR) is 206 cm³/mol. The minimum atomic E-state index is -0.169. The normalized spacial score (nSPS) is 13.3. The Hall–Kier alpha value is -6.12. The first-order chi connectivity index (χ1) is 24.1. The highest BCUT2D eigenvalue weighted by atomic mass is 16.3. The molecule has 232 valence electrons. The van der Waals surface area contributed by atoms with Crippen molar-refractivity contribution in [3.63, 3.8) is 0 Å². The van der Waals surface area contributed by atoms with Crippen molar-refractivity contribution in [3.8, 4) is 22.3 Å². The Labute approximate surface area is 285 Å². The highest BCUT2D eigenvalue weighted by molar-refractivity contribution is 6.21. The van der Waals surface area contributed by atoms with E-state index in [0.717, 1.165) is 39.0 Å². The van der Waals surface area contributed by atoms with E-state index in [0.29, 0.717) is 0 Å². The van der Waals surface area contributed by atoms with E-state index in [4.69, 9.17) is 4.42 Å². The van der Waals surface area contributed by atoms with E-state index in [1.54, 1.807) is 0 Å². The van der Waals surface area contributed by atoms with Crippen LogP contribution in [-0.4, -0.2) is 0 Å². The summed E-state index contributed by atoms with van der Waals surface area (Å²) in [6.07, 6.45) is 0. The van der Waals surface area contributed by atoms with Crippen LogP contribution in [0, 0.1) is 0 Å². The van der Waals surface area contributed by atoms with E-state index in [2.05, 4.69) is 170 Å². The second kappa shape index (κ2) is 10.4. The fraction of sp³-hybridized carbons (Fsp3) is 0.0638. The minimum absolute atomic E-state index is 0.169. The van der Waals surface area contributed by atoms with Gasteiger partial charge in [-0.05, 0) is 85.9 Å². The molecule has 1 heterocycles. The van der Waals surface area contributed by atoms with Gasteiger partial charge in [0.05, 0.1) is 5.69 Å². The average molecular weight is 628 g/mol. The number of rotatable bonds is 4. The van der Waals surface area contributed by atoms with Gasteiger partial charge in [0, 0.05) is 39.0 Å². The maximum atomic E-state index is 6.46. The standard InChI is InChI=1S/C47H33NO/c1-47(2)40-18-10-8-17-38(40)46-41(47)29-42(39-26-22-32-14-6-7-15-35(32)45(39)46)48(33-23-20-31(21-24-33)30-12-4-3-5-13-30)34-25-27-37-36-16-9-11-19-43(36)49-44(37)28-34/h3-29H,1-2H3. The van der Waals surface area contributed by atoms with Gasteiger partial charge in [0.2, 0.25) is 0 Å². The third kappa shape index (κ3) is 4.14. The molecule has 1 aliphatic carbocycles. The van der Waals surface area contributed by atoms with Crippen LogP contribution < -0.4 is 4.90 Å². The van der Waals surface area contributed by atoms with E-state index in [-0.39, 0.29) is 5.41 Å². The number of fused-ring (bicyclic) bond motifs is 10. The second-order valence-electron chi connectivity index (χ2n) is 13.7. The van der Waals surface area contributed by atoms with Crippen LogP contribution in [0.2, 0.25) is 0 Å². The van der Waals surface area contributed by atoms with Crippen LogP contribution in [0.15, 0.2) is 168 Å². The molecule has 2 heteroatoms. The summed E-state index contributed by atoms with van der Waals surface area (Å²) in [5.74, 6) is 0. The van der Waals surface area contributed by atoms with Crippen molar-refractivity contribution in [2.75, 3.05) is 4.90 Å². The summed E-state index contributed by atoms with van der Waals surface area (Å²) in [6, 6.07) is 59.4. The molecule has 0 aliphatic heterocycles. The largest absolute Gasteiger partial charge is 0.456 e. The van der Waals surface area contributed by atoms with Crippen molar-refractivity contribution in [3.05, 3.63) is 175 Å². The van der Waals surface area contributed by atoms with E-state index in [1.165, 1.54) is 54.9 Å². The molecule has 9 aromatic rings. The lowest BCUT2D eigenvalue weighted by Crippen LogP contribution is -2.17. The Balaban J connectivity index is 1.29. The van der Waals surface area contributed by atoms with Crippen LogP contribution in [0.1, 0.15) is 25.0 Å². The molecule has 1 aromatic heterocycles. The maximum absolute atomic E-state index is 6.46. The third-order valence-electron chi connectivity index (χ3n) is 10.6. The lowest BCUT2D eigenvalue weighted by Gasteiger charge is -2.30. The van der Waals surface area contributed by atoms with Crippen LogP contribution >= 0.6 is 0 Å². The summed E-state index contributed by atoms with van der Waals surface area (Å²) in [5.41, 5.74) is 12.7. The number of nitrogens with zero attached hydrogens (tertiary/aromatic N) is 1. The van der Waals surface area contributed by atoms with Gasteiger partial charge in [-0.25, -0.2) is 0 Å². The van der Waals surface area contributed by atoms with Gasteiger partial charge in [-0.3, -0.25) is 0 Å². The monoisotopic (exact) mass is 627 g/mol. The van der Waals surface area contributed by atoms with Crippen molar-refractivity contribution in [1.82, 2.24) is 0 Å². The SMILES string of the molecule is CC1(C)c2ccccc2-c2c1cc(N(c1ccc(-c3ccccc3)cc1)c1ccc3c(c1)oc1ccccc13)c1ccc3ccccc3c21. The van der Waals surface area contributed by atoms with Crippen LogP contribution in [0.5, 0.6) is 0 Å². The number of hydrogen-bond donors (Lipinski definition) is 0. The summed E-state index contributed by atoms with van der Waals surface area (Å²) >= 11 is 0. The molecule has 8 aromatic carbocycles. The molecule has 1 aliphatic rings. The summed E-state index contributed by atoms with van der Waals surface area (Å²) in [6.45, 7) is 4.75. The molecule has 2 nitrogen and oxygen atoms in total. The highest BCUT2D eigenvalue weighted by Crippen LogP contribution is 2.55. The maximum Gasteiger partial charge on any atom is 0.137 e. The fourth-order valence-electron chi connectivity index (χ4n) is 8.24. The molecule has 49 heavy (non-hydrogen) atoms. The van der Waals surface area contributed by atoms with Crippen molar-refractivity contribution in [2.24, 2.45) is 0 Å². The van der Waals surface area contributed by atoms with Gasteiger partial charge >= 0.3 is 0 Å². The van der Waals surface area contributed by atoms with Gasteiger partial charge < -0.3 is 9.32 Å². The van der Waals surface area contributed by atoms with Crippen LogP contribution in [0.3, 0.4) is 0 Å². The topological polar surface area (TPSA) is 16.4 Å². The lowest BCUT2D eigenvalue weighted by molar-refractivity contribution is 0.661.